The Hall–Kier alpha value is -1.98. The molecule has 3 rings (SSSR count). The number of Topliss-reactive ketones (excluding diaryl/α,β-unsaturated/α-hetero) is 6. The third-order valence-electron chi connectivity index (χ3n) is 4.24. The predicted molar refractivity (Wildman–Crippen MR) is 53.2 cm³/mol. The van der Waals surface area contributed by atoms with Crippen LogP contribution in [0.1, 0.15) is 12.8 Å². The van der Waals surface area contributed by atoms with E-state index >= 15 is 0 Å². The monoisotopic (exact) mass is 248 g/mol. The van der Waals surface area contributed by atoms with Crippen molar-refractivity contribution in [1.82, 2.24) is 0 Å². The molecule has 3 saturated carbocycles. The van der Waals surface area contributed by atoms with E-state index in [2.05, 4.69) is 0 Å². The van der Waals surface area contributed by atoms with Crippen LogP contribution in [0.15, 0.2) is 0 Å². The fourth-order valence-electron chi connectivity index (χ4n) is 3.42. The van der Waals surface area contributed by atoms with Gasteiger partial charge in [-0.05, 0) is 12.3 Å². The Balaban J connectivity index is 2.10. The van der Waals surface area contributed by atoms with Gasteiger partial charge in [0.25, 0.3) is 11.6 Å². The molecule has 2 bridgehead atoms. The minimum atomic E-state index is -1.10. The van der Waals surface area contributed by atoms with E-state index in [9.17, 15) is 28.8 Å². The summed E-state index contributed by atoms with van der Waals surface area (Å²) in [4.78, 5) is 69.2. The van der Waals surface area contributed by atoms with Gasteiger partial charge in [-0.3, -0.25) is 28.8 Å². The molecule has 0 N–H and O–H groups in total. The van der Waals surface area contributed by atoms with Crippen LogP contribution in [0.2, 0.25) is 0 Å². The van der Waals surface area contributed by atoms with E-state index in [-0.39, 0.29) is 12.8 Å². The molecule has 0 saturated heterocycles. The molecule has 6 heteroatoms. The third-order valence-corrected chi connectivity index (χ3v) is 4.24. The lowest BCUT2D eigenvalue weighted by Crippen LogP contribution is -2.43. The second-order valence-corrected chi connectivity index (χ2v) is 5.02. The maximum atomic E-state index is 11.8. The number of carbonyl (C=O) groups is 6. The minimum Gasteiger partial charge on any atom is -0.290 e. The number of carbonyl (C=O) groups excluding carboxylic acids is 6. The third kappa shape index (κ3) is 1.12. The molecule has 0 aromatic heterocycles. The van der Waals surface area contributed by atoms with Gasteiger partial charge < -0.3 is 0 Å². The summed E-state index contributed by atoms with van der Waals surface area (Å²) in [7, 11) is 0. The van der Waals surface area contributed by atoms with Crippen LogP contribution in [0.5, 0.6) is 0 Å². The Labute approximate surface area is 101 Å². The molecule has 0 spiro atoms. The highest BCUT2D eigenvalue weighted by molar-refractivity contribution is 6.69. The lowest BCUT2D eigenvalue weighted by Gasteiger charge is -2.24. The molecule has 92 valence electrons. The number of hydrogen-bond donors (Lipinski definition) is 0. The van der Waals surface area contributed by atoms with Crippen molar-refractivity contribution >= 4 is 34.7 Å². The van der Waals surface area contributed by atoms with Gasteiger partial charge in [-0.25, -0.2) is 0 Å². The Kier molecular flexibility index (Phi) is 2.03. The maximum Gasteiger partial charge on any atom is 0.264 e. The Morgan fingerprint density at radius 3 is 2.00 bits per heavy atom. The van der Waals surface area contributed by atoms with E-state index in [0.717, 1.165) is 0 Å². The standard InChI is InChI=1S/C12H8O6/c13-6-2-3-4-1-5(7(3)11(17)10(6)16)9(15)12(18)8(4)14/h3-5,7H,1-2H2. The number of rotatable bonds is 0. The molecule has 4 atom stereocenters. The molecule has 3 aliphatic rings. The summed E-state index contributed by atoms with van der Waals surface area (Å²) >= 11 is 0. The SMILES string of the molecule is O=C1CC2C3CC(C(=O)C(=O)C3=O)C2C(=O)C1=O. The van der Waals surface area contributed by atoms with E-state index in [1.807, 2.05) is 0 Å². The lowest BCUT2D eigenvalue weighted by molar-refractivity contribution is -0.151. The van der Waals surface area contributed by atoms with E-state index in [1.165, 1.54) is 0 Å². The maximum absolute atomic E-state index is 11.8. The van der Waals surface area contributed by atoms with Crippen molar-refractivity contribution in [2.45, 2.75) is 12.8 Å². The number of fused-ring (bicyclic) bond motifs is 5. The van der Waals surface area contributed by atoms with Gasteiger partial charge in [-0.2, -0.15) is 0 Å². The summed E-state index contributed by atoms with van der Waals surface area (Å²) in [5.74, 6) is -8.80. The van der Waals surface area contributed by atoms with Crippen LogP contribution in [-0.2, 0) is 28.8 Å². The summed E-state index contributed by atoms with van der Waals surface area (Å²) in [6, 6.07) is 0. The highest BCUT2D eigenvalue weighted by atomic mass is 16.2. The van der Waals surface area contributed by atoms with Crippen molar-refractivity contribution in [2.24, 2.45) is 23.7 Å². The zero-order valence-electron chi connectivity index (χ0n) is 9.17. The highest BCUT2D eigenvalue weighted by Crippen LogP contribution is 2.49. The van der Waals surface area contributed by atoms with Gasteiger partial charge in [-0.15, -0.1) is 0 Å². The van der Waals surface area contributed by atoms with E-state index < -0.39 is 58.4 Å². The van der Waals surface area contributed by atoms with Crippen molar-refractivity contribution in [1.29, 1.82) is 0 Å². The van der Waals surface area contributed by atoms with E-state index in [0.29, 0.717) is 0 Å². The molecule has 0 aliphatic heterocycles. The van der Waals surface area contributed by atoms with Crippen LogP contribution < -0.4 is 0 Å². The van der Waals surface area contributed by atoms with Gasteiger partial charge in [-0.1, -0.05) is 0 Å². The van der Waals surface area contributed by atoms with Crippen molar-refractivity contribution in [2.75, 3.05) is 0 Å². The molecule has 6 nitrogen and oxygen atoms in total. The summed E-state index contributed by atoms with van der Waals surface area (Å²) in [5.41, 5.74) is 0. The second kappa shape index (κ2) is 3.28. The summed E-state index contributed by atoms with van der Waals surface area (Å²) in [5, 5.41) is 0. The molecular formula is C12H8O6. The van der Waals surface area contributed by atoms with Crippen LogP contribution in [0.4, 0.5) is 0 Å². The van der Waals surface area contributed by atoms with Crippen LogP contribution in [0.3, 0.4) is 0 Å². The fraction of sp³-hybridized carbons (Fsp3) is 0.500. The normalized spacial score (nSPS) is 39.3. The topological polar surface area (TPSA) is 102 Å². The average molecular weight is 248 g/mol. The van der Waals surface area contributed by atoms with Crippen LogP contribution in [-0.4, -0.2) is 34.7 Å². The first-order valence-corrected chi connectivity index (χ1v) is 5.67. The van der Waals surface area contributed by atoms with Crippen LogP contribution >= 0.6 is 0 Å². The quantitative estimate of drug-likeness (QED) is 0.493. The second-order valence-electron chi connectivity index (χ2n) is 5.02. The summed E-state index contributed by atoms with van der Waals surface area (Å²) in [6.07, 6.45) is -0.0895. The smallest absolute Gasteiger partial charge is 0.264 e. The van der Waals surface area contributed by atoms with Gasteiger partial charge >= 0.3 is 0 Å². The Morgan fingerprint density at radius 2 is 1.33 bits per heavy atom. The largest absolute Gasteiger partial charge is 0.290 e. The van der Waals surface area contributed by atoms with Gasteiger partial charge in [0.05, 0.1) is 0 Å². The minimum absolute atomic E-state index is 0.116. The molecule has 0 radical (unpaired) electrons. The number of ketones is 6. The zero-order chi connectivity index (χ0) is 13.2. The van der Waals surface area contributed by atoms with Crippen molar-refractivity contribution < 1.29 is 28.8 Å². The van der Waals surface area contributed by atoms with E-state index in [4.69, 9.17) is 0 Å². The fourth-order valence-corrected chi connectivity index (χ4v) is 3.42. The first-order chi connectivity index (χ1) is 8.43. The molecule has 0 aromatic rings. The molecular weight excluding hydrogens is 240 g/mol. The van der Waals surface area contributed by atoms with Gasteiger partial charge in [0.2, 0.25) is 23.1 Å². The molecule has 3 fully saturated rings. The zero-order valence-corrected chi connectivity index (χ0v) is 9.17. The summed E-state index contributed by atoms with van der Waals surface area (Å²) in [6.45, 7) is 0. The molecule has 0 heterocycles. The predicted octanol–water partition coefficient (Wildman–Crippen LogP) is -1.31. The van der Waals surface area contributed by atoms with Crippen molar-refractivity contribution in [3.63, 3.8) is 0 Å². The molecule has 4 unspecified atom stereocenters. The van der Waals surface area contributed by atoms with Gasteiger partial charge in [0.1, 0.15) is 0 Å². The van der Waals surface area contributed by atoms with E-state index in [1.54, 1.807) is 0 Å². The van der Waals surface area contributed by atoms with Crippen LogP contribution in [0, 0.1) is 23.7 Å². The summed E-state index contributed by atoms with van der Waals surface area (Å²) < 4.78 is 0. The molecule has 3 aliphatic carbocycles. The molecule has 0 amide bonds. The van der Waals surface area contributed by atoms with Gasteiger partial charge in [0.15, 0.2) is 0 Å². The Bertz CT molecular complexity index is 557. The molecule has 0 aromatic carbocycles. The Morgan fingerprint density at radius 1 is 0.722 bits per heavy atom. The first kappa shape index (κ1) is 11.1. The highest BCUT2D eigenvalue weighted by Gasteiger charge is 2.62. The first-order valence-electron chi connectivity index (χ1n) is 5.67. The van der Waals surface area contributed by atoms with Gasteiger partial charge in [0, 0.05) is 24.2 Å². The van der Waals surface area contributed by atoms with Crippen molar-refractivity contribution in [3.05, 3.63) is 0 Å². The van der Waals surface area contributed by atoms with Crippen molar-refractivity contribution in [3.8, 4) is 0 Å². The number of hydrogen-bond acceptors (Lipinski definition) is 6. The van der Waals surface area contributed by atoms with Crippen LogP contribution in [0.25, 0.3) is 0 Å². The average Bonchev–Trinajstić information content (AvgIpc) is 2.68. The molecule has 18 heavy (non-hydrogen) atoms. The lowest BCUT2D eigenvalue weighted by atomic mass is 9.74.